The van der Waals surface area contributed by atoms with E-state index in [1.165, 1.54) is 30.4 Å². The molecule has 0 radical (unpaired) electrons. The number of esters is 1. The van der Waals surface area contributed by atoms with E-state index in [0.29, 0.717) is 5.92 Å². The van der Waals surface area contributed by atoms with Crippen molar-refractivity contribution in [2.24, 2.45) is 17.6 Å². The van der Waals surface area contributed by atoms with Crippen LogP contribution in [0.5, 0.6) is 0 Å². The lowest BCUT2D eigenvalue weighted by Crippen LogP contribution is -2.41. The van der Waals surface area contributed by atoms with Crippen LogP contribution in [-0.4, -0.2) is 27.7 Å². The molecule has 3 atom stereocenters. The zero-order valence-corrected chi connectivity index (χ0v) is 19.3. The van der Waals surface area contributed by atoms with Gasteiger partial charge >= 0.3 is 5.97 Å². The largest absolute Gasteiger partial charge is 0.461 e. The SMILES string of the molecule is CC(C)C(N)C(=O)OC(CC1c2ccccc2-c2cncn21)C1CCCCC1.Cl.Cl. The fourth-order valence-electron chi connectivity index (χ4n) is 4.74. The van der Waals surface area contributed by atoms with Gasteiger partial charge in [0.1, 0.15) is 12.1 Å². The van der Waals surface area contributed by atoms with Crippen molar-refractivity contribution in [3.8, 4) is 11.3 Å². The highest BCUT2D eigenvalue weighted by atomic mass is 35.5. The molecule has 0 bridgehead atoms. The van der Waals surface area contributed by atoms with Gasteiger partial charge in [-0.1, -0.05) is 57.4 Å². The summed E-state index contributed by atoms with van der Waals surface area (Å²) in [6.45, 7) is 3.93. The van der Waals surface area contributed by atoms with Crippen molar-refractivity contribution in [3.05, 3.63) is 42.4 Å². The molecule has 0 spiro atoms. The summed E-state index contributed by atoms with van der Waals surface area (Å²) < 4.78 is 8.32. The average molecular weight is 454 g/mol. The maximum atomic E-state index is 12.7. The number of carbonyl (C=O) groups excluding carboxylic acids is 1. The van der Waals surface area contributed by atoms with Crippen molar-refractivity contribution in [2.75, 3.05) is 0 Å². The number of fused-ring (bicyclic) bond motifs is 3. The molecule has 30 heavy (non-hydrogen) atoms. The Morgan fingerprint density at radius 2 is 1.90 bits per heavy atom. The molecular formula is C23H33Cl2N3O2. The van der Waals surface area contributed by atoms with E-state index in [1.807, 2.05) is 26.4 Å². The van der Waals surface area contributed by atoms with E-state index in [4.69, 9.17) is 10.5 Å². The Morgan fingerprint density at radius 1 is 1.20 bits per heavy atom. The molecule has 1 aliphatic carbocycles. The summed E-state index contributed by atoms with van der Waals surface area (Å²) in [4.78, 5) is 17.0. The van der Waals surface area contributed by atoms with Crippen LogP contribution in [0.3, 0.4) is 0 Å². The molecule has 5 nitrogen and oxygen atoms in total. The number of hydrogen-bond donors (Lipinski definition) is 1. The van der Waals surface area contributed by atoms with Gasteiger partial charge in [0.05, 0.1) is 24.3 Å². The minimum absolute atomic E-state index is 0. The zero-order valence-electron chi connectivity index (χ0n) is 17.7. The Morgan fingerprint density at radius 3 is 2.60 bits per heavy atom. The van der Waals surface area contributed by atoms with E-state index in [2.05, 4.69) is 33.8 Å². The minimum Gasteiger partial charge on any atom is -0.461 e. The molecule has 0 saturated heterocycles. The number of benzene rings is 1. The lowest BCUT2D eigenvalue weighted by molar-refractivity contribution is -0.156. The Kier molecular flexibility index (Phi) is 8.77. The van der Waals surface area contributed by atoms with E-state index in [-0.39, 0.29) is 48.8 Å². The fourth-order valence-corrected chi connectivity index (χ4v) is 4.74. The number of nitrogens with two attached hydrogens (primary N) is 1. The lowest BCUT2D eigenvalue weighted by Gasteiger charge is -2.33. The van der Waals surface area contributed by atoms with Gasteiger partial charge in [0.2, 0.25) is 0 Å². The summed E-state index contributed by atoms with van der Waals surface area (Å²) in [5.41, 5.74) is 9.77. The first-order valence-corrected chi connectivity index (χ1v) is 10.6. The predicted octanol–water partition coefficient (Wildman–Crippen LogP) is 5.16. The maximum Gasteiger partial charge on any atom is 0.323 e. The van der Waals surface area contributed by atoms with E-state index in [1.54, 1.807) is 0 Å². The summed E-state index contributed by atoms with van der Waals surface area (Å²) in [5.74, 6) is 0.228. The molecule has 0 amide bonds. The quantitative estimate of drug-likeness (QED) is 0.612. The molecular weight excluding hydrogens is 421 g/mol. The van der Waals surface area contributed by atoms with Gasteiger partial charge < -0.3 is 15.0 Å². The number of aromatic nitrogens is 2. The topological polar surface area (TPSA) is 70.1 Å². The smallest absolute Gasteiger partial charge is 0.323 e. The second-order valence-corrected chi connectivity index (χ2v) is 8.67. The third-order valence-corrected chi connectivity index (χ3v) is 6.49. The highest BCUT2D eigenvalue weighted by molar-refractivity contribution is 5.85. The predicted molar refractivity (Wildman–Crippen MR) is 124 cm³/mol. The van der Waals surface area contributed by atoms with Crippen LogP contribution in [0.2, 0.25) is 0 Å². The Hall–Kier alpha value is -1.56. The van der Waals surface area contributed by atoms with Gasteiger partial charge in [0, 0.05) is 12.0 Å². The Balaban J connectivity index is 0.00000160. The molecule has 2 aliphatic rings. The number of halogens is 2. The molecule has 2 heterocycles. The van der Waals surface area contributed by atoms with Gasteiger partial charge in [0.25, 0.3) is 0 Å². The third kappa shape index (κ3) is 4.84. The standard InChI is InChI=1S/C23H31N3O2.2ClH/c1-15(2)22(24)23(27)28-21(16-8-4-3-5-9-16)12-19-17-10-6-7-11-18(17)20-13-25-14-26(19)20;;/h6-7,10-11,13-16,19,21-22H,3-5,8-9,12,24H2,1-2H3;2*1H. The molecule has 2 aromatic rings. The summed E-state index contributed by atoms with van der Waals surface area (Å²) in [5, 5.41) is 0. The molecule has 1 fully saturated rings. The normalized spacial score (nSPS) is 19.8. The third-order valence-electron chi connectivity index (χ3n) is 6.49. The van der Waals surface area contributed by atoms with Gasteiger partial charge in [-0.05, 0) is 30.2 Å². The molecule has 1 aliphatic heterocycles. The summed E-state index contributed by atoms with van der Waals surface area (Å²) in [6.07, 6.45) is 10.5. The van der Waals surface area contributed by atoms with Crippen LogP contribution in [-0.2, 0) is 9.53 Å². The summed E-state index contributed by atoms with van der Waals surface area (Å²) >= 11 is 0. The number of nitrogens with zero attached hydrogens (tertiary/aromatic N) is 2. The highest BCUT2D eigenvalue weighted by Crippen LogP contribution is 2.43. The van der Waals surface area contributed by atoms with E-state index >= 15 is 0 Å². The van der Waals surface area contributed by atoms with Crippen LogP contribution >= 0.6 is 24.8 Å². The van der Waals surface area contributed by atoms with Crippen LogP contribution in [0.15, 0.2) is 36.8 Å². The number of carbonyl (C=O) groups is 1. The van der Waals surface area contributed by atoms with Crippen molar-refractivity contribution in [1.82, 2.24) is 9.55 Å². The Labute approximate surface area is 191 Å². The molecule has 1 aromatic carbocycles. The van der Waals surface area contributed by atoms with Gasteiger partial charge in [-0.25, -0.2) is 4.98 Å². The molecule has 7 heteroatoms. The number of imidazole rings is 1. The first kappa shape index (κ1) is 24.7. The monoisotopic (exact) mass is 453 g/mol. The van der Waals surface area contributed by atoms with Crippen LogP contribution < -0.4 is 5.73 Å². The van der Waals surface area contributed by atoms with Gasteiger partial charge in [0.15, 0.2) is 0 Å². The average Bonchev–Trinajstić information content (AvgIpc) is 3.30. The second kappa shape index (κ2) is 10.7. The van der Waals surface area contributed by atoms with Crippen LogP contribution in [0.4, 0.5) is 0 Å². The first-order valence-electron chi connectivity index (χ1n) is 10.6. The van der Waals surface area contributed by atoms with Crippen molar-refractivity contribution >= 4 is 30.8 Å². The van der Waals surface area contributed by atoms with Crippen molar-refractivity contribution < 1.29 is 9.53 Å². The van der Waals surface area contributed by atoms with Crippen LogP contribution in [0.25, 0.3) is 11.3 Å². The van der Waals surface area contributed by atoms with E-state index < -0.39 is 6.04 Å². The first-order chi connectivity index (χ1) is 13.6. The second-order valence-electron chi connectivity index (χ2n) is 8.67. The number of hydrogen-bond acceptors (Lipinski definition) is 4. The summed E-state index contributed by atoms with van der Waals surface area (Å²) in [6, 6.07) is 8.08. The summed E-state index contributed by atoms with van der Waals surface area (Å²) in [7, 11) is 0. The lowest BCUT2D eigenvalue weighted by atomic mass is 9.82. The van der Waals surface area contributed by atoms with Crippen molar-refractivity contribution in [2.45, 2.75) is 70.6 Å². The van der Waals surface area contributed by atoms with Gasteiger partial charge in [-0.15, -0.1) is 24.8 Å². The van der Waals surface area contributed by atoms with Crippen molar-refractivity contribution in [1.29, 1.82) is 0 Å². The maximum absolute atomic E-state index is 12.7. The molecule has 1 saturated carbocycles. The number of ether oxygens (including phenoxy) is 1. The van der Waals surface area contributed by atoms with Crippen LogP contribution in [0.1, 0.15) is 64.0 Å². The minimum atomic E-state index is -0.564. The fraction of sp³-hybridized carbons (Fsp3) is 0.565. The zero-order chi connectivity index (χ0) is 19.7. The molecule has 2 N–H and O–H groups in total. The van der Waals surface area contributed by atoms with Gasteiger partial charge in [-0.2, -0.15) is 0 Å². The molecule has 3 unspecified atom stereocenters. The highest BCUT2D eigenvalue weighted by Gasteiger charge is 2.36. The van der Waals surface area contributed by atoms with E-state index in [9.17, 15) is 4.79 Å². The van der Waals surface area contributed by atoms with Gasteiger partial charge in [-0.3, -0.25) is 4.79 Å². The van der Waals surface area contributed by atoms with E-state index in [0.717, 1.165) is 25.0 Å². The molecule has 4 rings (SSSR count). The van der Waals surface area contributed by atoms with Crippen molar-refractivity contribution in [3.63, 3.8) is 0 Å². The number of rotatable bonds is 6. The molecule has 166 valence electrons. The molecule has 1 aromatic heterocycles. The Bertz CT molecular complexity index is 833. The van der Waals surface area contributed by atoms with Crippen LogP contribution in [0, 0.1) is 11.8 Å².